The topological polar surface area (TPSA) is 24.9 Å². The lowest BCUT2D eigenvalue weighted by Crippen LogP contribution is -2.16. The number of aromatic nitrogens is 1. The fraction of sp³-hybridized carbons (Fsp3) is 0.267. The maximum absolute atomic E-state index is 6.33. The number of pyridine rings is 1. The van der Waals surface area contributed by atoms with Gasteiger partial charge in [-0.15, -0.1) is 0 Å². The van der Waals surface area contributed by atoms with Crippen LogP contribution in [0.3, 0.4) is 0 Å². The molecule has 2 nitrogen and oxygen atoms in total. The van der Waals surface area contributed by atoms with E-state index in [4.69, 9.17) is 23.2 Å². The summed E-state index contributed by atoms with van der Waals surface area (Å²) in [5, 5.41) is 5.88. The summed E-state index contributed by atoms with van der Waals surface area (Å²) in [6.07, 6.45) is 4.20. The Labute approximate surface area is 132 Å². The highest BCUT2D eigenvalue weighted by Crippen LogP contribution is 2.33. The molecule has 0 bridgehead atoms. The molecule has 0 radical (unpaired) electrons. The molecule has 1 saturated carbocycles. The first kappa shape index (κ1) is 14.2. The molecule has 104 valence electrons. The molecule has 1 heterocycles. The third-order valence-corrected chi connectivity index (χ3v) is 4.77. The standard InChI is InChI=1S/C15H14Cl2N2S/c16-10-4-7-15(19-8-10)20-14-3-1-2-13(17)12(14)9-18-11-5-6-11/h1-4,7-8,11,18H,5-6,9H2. The Hall–Kier alpha value is -0.740. The molecule has 1 aliphatic carbocycles. The summed E-state index contributed by atoms with van der Waals surface area (Å²) in [5.74, 6) is 0. The summed E-state index contributed by atoms with van der Waals surface area (Å²) in [4.78, 5) is 5.46. The van der Waals surface area contributed by atoms with E-state index >= 15 is 0 Å². The number of nitrogens with zero attached hydrogens (tertiary/aromatic N) is 1. The number of rotatable bonds is 5. The first-order chi connectivity index (χ1) is 9.72. The summed E-state index contributed by atoms with van der Waals surface area (Å²) < 4.78 is 0. The third-order valence-electron chi connectivity index (χ3n) is 3.14. The van der Waals surface area contributed by atoms with Crippen molar-refractivity contribution in [3.8, 4) is 0 Å². The highest BCUT2D eigenvalue weighted by molar-refractivity contribution is 7.99. The summed E-state index contributed by atoms with van der Waals surface area (Å²) in [7, 11) is 0. The van der Waals surface area contributed by atoms with Crippen molar-refractivity contribution in [3.05, 3.63) is 52.1 Å². The van der Waals surface area contributed by atoms with Crippen molar-refractivity contribution >= 4 is 35.0 Å². The van der Waals surface area contributed by atoms with Gasteiger partial charge >= 0.3 is 0 Å². The van der Waals surface area contributed by atoms with Crippen LogP contribution in [0.1, 0.15) is 18.4 Å². The van der Waals surface area contributed by atoms with Crippen LogP contribution >= 0.6 is 35.0 Å². The van der Waals surface area contributed by atoms with Gasteiger partial charge in [-0.3, -0.25) is 0 Å². The van der Waals surface area contributed by atoms with E-state index < -0.39 is 0 Å². The monoisotopic (exact) mass is 324 g/mol. The lowest BCUT2D eigenvalue weighted by atomic mass is 10.2. The lowest BCUT2D eigenvalue weighted by molar-refractivity contribution is 0.680. The zero-order valence-electron chi connectivity index (χ0n) is 10.8. The minimum atomic E-state index is 0.649. The van der Waals surface area contributed by atoms with Gasteiger partial charge in [0.05, 0.1) is 5.02 Å². The van der Waals surface area contributed by atoms with Crippen molar-refractivity contribution < 1.29 is 0 Å². The van der Waals surface area contributed by atoms with E-state index in [0.29, 0.717) is 11.1 Å². The fourth-order valence-corrected chi connectivity index (χ4v) is 3.20. The van der Waals surface area contributed by atoms with Gasteiger partial charge in [0.2, 0.25) is 0 Å². The van der Waals surface area contributed by atoms with Gasteiger partial charge < -0.3 is 5.32 Å². The van der Waals surface area contributed by atoms with E-state index in [1.165, 1.54) is 12.8 Å². The van der Waals surface area contributed by atoms with Gasteiger partial charge in [-0.05, 0) is 42.7 Å². The van der Waals surface area contributed by atoms with Crippen LogP contribution < -0.4 is 5.32 Å². The van der Waals surface area contributed by atoms with Crippen LogP contribution in [-0.2, 0) is 6.54 Å². The SMILES string of the molecule is Clc1ccc(Sc2cccc(Cl)c2CNC2CC2)nc1. The van der Waals surface area contributed by atoms with Crippen molar-refractivity contribution in [3.63, 3.8) is 0 Å². The second-order valence-electron chi connectivity index (χ2n) is 4.79. The van der Waals surface area contributed by atoms with Gasteiger partial charge in [0.25, 0.3) is 0 Å². The zero-order valence-corrected chi connectivity index (χ0v) is 13.1. The first-order valence-corrected chi connectivity index (χ1v) is 8.10. The van der Waals surface area contributed by atoms with Gasteiger partial charge in [-0.1, -0.05) is 41.0 Å². The molecule has 1 aromatic heterocycles. The zero-order chi connectivity index (χ0) is 13.9. The number of hydrogen-bond acceptors (Lipinski definition) is 3. The fourth-order valence-electron chi connectivity index (χ4n) is 1.88. The van der Waals surface area contributed by atoms with Gasteiger partial charge in [-0.2, -0.15) is 0 Å². The average molecular weight is 325 g/mol. The Morgan fingerprint density at radius 3 is 2.75 bits per heavy atom. The molecule has 0 unspecified atom stereocenters. The minimum Gasteiger partial charge on any atom is -0.310 e. The molecule has 1 aliphatic rings. The molecule has 1 aromatic carbocycles. The molecule has 1 fully saturated rings. The number of nitrogens with one attached hydrogen (secondary N) is 1. The van der Waals surface area contributed by atoms with E-state index in [1.807, 2.05) is 24.3 Å². The van der Waals surface area contributed by atoms with Gasteiger partial charge in [-0.25, -0.2) is 4.98 Å². The van der Waals surface area contributed by atoms with E-state index in [0.717, 1.165) is 27.1 Å². The van der Waals surface area contributed by atoms with E-state index in [1.54, 1.807) is 18.0 Å². The summed E-state index contributed by atoms with van der Waals surface area (Å²) in [6.45, 7) is 0.806. The average Bonchev–Trinajstić information content (AvgIpc) is 3.25. The number of hydrogen-bond donors (Lipinski definition) is 1. The number of benzene rings is 1. The second-order valence-corrected chi connectivity index (χ2v) is 6.69. The summed E-state index contributed by atoms with van der Waals surface area (Å²) in [6, 6.07) is 10.4. The highest BCUT2D eigenvalue weighted by Gasteiger charge is 2.21. The molecule has 0 aliphatic heterocycles. The van der Waals surface area contributed by atoms with Crippen LogP contribution in [0.2, 0.25) is 10.0 Å². The van der Waals surface area contributed by atoms with Crippen molar-refractivity contribution in [1.82, 2.24) is 10.3 Å². The second kappa shape index (κ2) is 6.35. The quantitative estimate of drug-likeness (QED) is 0.855. The van der Waals surface area contributed by atoms with Crippen LogP contribution in [0.4, 0.5) is 0 Å². The number of halogens is 2. The smallest absolute Gasteiger partial charge is 0.101 e. The Morgan fingerprint density at radius 2 is 2.05 bits per heavy atom. The van der Waals surface area contributed by atoms with Gasteiger partial charge in [0.1, 0.15) is 5.03 Å². The Balaban J connectivity index is 1.80. The Kier molecular flexibility index (Phi) is 4.51. The molecule has 2 aromatic rings. The maximum atomic E-state index is 6.33. The Bertz CT molecular complexity index is 597. The minimum absolute atomic E-state index is 0.649. The van der Waals surface area contributed by atoms with Crippen molar-refractivity contribution in [2.45, 2.75) is 35.3 Å². The molecule has 0 amide bonds. The molecule has 20 heavy (non-hydrogen) atoms. The van der Waals surface area contributed by atoms with Crippen LogP contribution in [0.5, 0.6) is 0 Å². The molecular weight excluding hydrogens is 311 g/mol. The summed E-state index contributed by atoms with van der Waals surface area (Å²) in [5.41, 5.74) is 1.14. The van der Waals surface area contributed by atoms with Crippen LogP contribution in [0.25, 0.3) is 0 Å². The first-order valence-electron chi connectivity index (χ1n) is 6.52. The third kappa shape index (κ3) is 3.67. The Morgan fingerprint density at radius 1 is 1.20 bits per heavy atom. The van der Waals surface area contributed by atoms with Gasteiger partial charge in [0, 0.05) is 28.7 Å². The molecule has 0 atom stereocenters. The molecule has 5 heteroatoms. The van der Waals surface area contributed by atoms with E-state index in [-0.39, 0.29) is 0 Å². The van der Waals surface area contributed by atoms with Crippen molar-refractivity contribution in [1.29, 1.82) is 0 Å². The predicted molar refractivity (Wildman–Crippen MR) is 84.7 cm³/mol. The molecule has 1 N–H and O–H groups in total. The molecule has 0 saturated heterocycles. The van der Waals surface area contributed by atoms with Crippen molar-refractivity contribution in [2.24, 2.45) is 0 Å². The molecule has 3 rings (SSSR count). The van der Waals surface area contributed by atoms with Gasteiger partial charge in [0.15, 0.2) is 0 Å². The largest absolute Gasteiger partial charge is 0.310 e. The lowest BCUT2D eigenvalue weighted by Gasteiger charge is -2.11. The van der Waals surface area contributed by atoms with Crippen molar-refractivity contribution in [2.75, 3.05) is 0 Å². The maximum Gasteiger partial charge on any atom is 0.101 e. The summed E-state index contributed by atoms with van der Waals surface area (Å²) >= 11 is 13.8. The molecular formula is C15H14Cl2N2S. The van der Waals surface area contributed by atoms with E-state index in [2.05, 4.69) is 16.4 Å². The normalized spacial score (nSPS) is 14.5. The predicted octanol–water partition coefficient (Wildman–Crippen LogP) is 4.79. The highest BCUT2D eigenvalue weighted by atomic mass is 35.5. The molecule has 0 spiro atoms. The van der Waals surface area contributed by atoms with Crippen LogP contribution in [-0.4, -0.2) is 11.0 Å². The van der Waals surface area contributed by atoms with Crippen LogP contribution in [0, 0.1) is 0 Å². The van der Waals surface area contributed by atoms with Crippen LogP contribution in [0.15, 0.2) is 46.5 Å². The van der Waals surface area contributed by atoms with E-state index in [9.17, 15) is 0 Å².